The third-order valence-corrected chi connectivity index (χ3v) is 4.27. The highest BCUT2D eigenvalue weighted by atomic mass is 15.2. The lowest BCUT2D eigenvalue weighted by Crippen LogP contribution is -2.22. The van der Waals surface area contributed by atoms with Gasteiger partial charge in [0.05, 0.1) is 11.7 Å². The fraction of sp³-hybridized carbons (Fsp3) is 0.278. The van der Waals surface area contributed by atoms with Crippen molar-refractivity contribution in [1.29, 1.82) is 0 Å². The molecular formula is C18H19N3. The predicted octanol–water partition coefficient (Wildman–Crippen LogP) is 3.58. The Labute approximate surface area is 124 Å². The molecule has 4 rings (SSSR count). The highest BCUT2D eigenvalue weighted by Gasteiger charge is 2.31. The third kappa shape index (κ3) is 2.57. The average molecular weight is 277 g/mol. The molecule has 0 radical (unpaired) electrons. The molecule has 1 fully saturated rings. The minimum absolute atomic E-state index is 0.463. The van der Waals surface area contributed by atoms with Gasteiger partial charge in [-0.3, -0.25) is 0 Å². The molecule has 1 aliphatic carbocycles. The van der Waals surface area contributed by atoms with Crippen LogP contribution in [0.5, 0.6) is 0 Å². The number of pyridine rings is 1. The largest absolute Gasteiger partial charge is 0.305 e. The van der Waals surface area contributed by atoms with Gasteiger partial charge in [0, 0.05) is 24.3 Å². The number of aromatic nitrogens is 2. The van der Waals surface area contributed by atoms with E-state index in [1.54, 1.807) is 0 Å². The molecule has 0 spiro atoms. The third-order valence-electron chi connectivity index (χ3n) is 4.27. The summed E-state index contributed by atoms with van der Waals surface area (Å²) in [6.07, 6.45) is 6.63. The van der Waals surface area contributed by atoms with E-state index in [9.17, 15) is 0 Å². The second kappa shape index (κ2) is 5.34. The zero-order chi connectivity index (χ0) is 14.1. The van der Waals surface area contributed by atoms with Crippen LogP contribution in [0.1, 0.15) is 30.0 Å². The summed E-state index contributed by atoms with van der Waals surface area (Å²) >= 11 is 0. The smallest absolute Gasteiger partial charge is 0.0706 e. The van der Waals surface area contributed by atoms with Gasteiger partial charge in [-0.1, -0.05) is 36.4 Å². The predicted molar refractivity (Wildman–Crippen MR) is 83.9 cm³/mol. The van der Waals surface area contributed by atoms with Gasteiger partial charge in [-0.25, -0.2) is 4.52 Å². The Morgan fingerprint density at radius 3 is 2.71 bits per heavy atom. The highest BCUT2D eigenvalue weighted by molar-refractivity contribution is 5.53. The summed E-state index contributed by atoms with van der Waals surface area (Å²) in [5.74, 6) is 0.786. The number of nitrogens with one attached hydrogen (secondary N) is 1. The van der Waals surface area contributed by atoms with Gasteiger partial charge in [0.15, 0.2) is 0 Å². The first-order chi connectivity index (χ1) is 10.4. The normalized spacial score (nSPS) is 16.2. The second-order valence-electron chi connectivity index (χ2n) is 5.81. The van der Waals surface area contributed by atoms with E-state index in [-0.39, 0.29) is 0 Å². The second-order valence-corrected chi connectivity index (χ2v) is 5.81. The molecule has 1 aromatic carbocycles. The van der Waals surface area contributed by atoms with Crippen molar-refractivity contribution in [3.05, 3.63) is 72.1 Å². The first-order valence-electron chi connectivity index (χ1n) is 7.61. The molecule has 0 amide bonds. The molecule has 1 saturated carbocycles. The zero-order valence-electron chi connectivity index (χ0n) is 11.9. The molecule has 1 atom stereocenters. The topological polar surface area (TPSA) is 29.3 Å². The Morgan fingerprint density at radius 2 is 1.90 bits per heavy atom. The molecule has 3 aromatic rings. The van der Waals surface area contributed by atoms with Gasteiger partial charge in [-0.2, -0.15) is 5.10 Å². The summed E-state index contributed by atoms with van der Waals surface area (Å²) in [4.78, 5) is 0. The van der Waals surface area contributed by atoms with E-state index >= 15 is 0 Å². The standard InChI is InChI=1S/C18H19N3/c1-2-6-14(7-3-1)18(15-9-10-15)19-12-16-13-20-21-11-5-4-8-17(16)21/h1-8,11,13,15,18-19H,9-10,12H2. The number of benzene rings is 1. The van der Waals surface area contributed by atoms with Crippen LogP contribution >= 0.6 is 0 Å². The average Bonchev–Trinajstić information content (AvgIpc) is 3.29. The molecule has 3 nitrogen and oxygen atoms in total. The van der Waals surface area contributed by atoms with E-state index in [0.717, 1.165) is 12.5 Å². The van der Waals surface area contributed by atoms with Crippen LogP contribution in [0.4, 0.5) is 0 Å². The molecule has 0 bridgehead atoms. The van der Waals surface area contributed by atoms with Crippen LogP contribution in [0.15, 0.2) is 60.9 Å². The van der Waals surface area contributed by atoms with Gasteiger partial charge in [-0.15, -0.1) is 0 Å². The van der Waals surface area contributed by atoms with Crippen LogP contribution in [0.25, 0.3) is 5.52 Å². The van der Waals surface area contributed by atoms with E-state index in [2.05, 4.69) is 52.9 Å². The van der Waals surface area contributed by atoms with E-state index < -0.39 is 0 Å². The molecule has 3 heteroatoms. The summed E-state index contributed by atoms with van der Waals surface area (Å²) in [7, 11) is 0. The van der Waals surface area contributed by atoms with Crippen LogP contribution < -0.4 is 5.32 Å². The maximum atomic E-state index is 4.41. The first-order valence-corrected chi connectivity index (χ1v) is 7.61. The first kappa shape index (κ1) is 12.6. The van der Waals surface area contributed by atoms with Gasteiger partial charge in [0.2, 0.25) is 0 Å². The fourth-order valence-corrected chi connectivity index (χ4v) is 2.99. The van der Waals surface area contributed by atoms with Crippen molar-refractivity contribution < 1.29 is 0 Å². The van der Waals surface area contributed by atoms with Crippen molar-refractivity contribution in [1.82, 2.24) is 14.9 Å². The van der Waals surface area contributed by atoms with E-state index in [4.69, 9.17) is 0 Å². The Bertz CT molecular complexity index is 728. The maximum Gasteiger partial charge on any atom is 0.0706 e. The van der Waals surface area contributed by atoms with Crippen molar-refractivity contribution in [3.63, 3.8) is 0 Å². The Morgan fingerprint density at radius 1 is 1.10 bits per heavy atom. The van der Waals surface area contributed by atoms with Gasteiger partial charge in [-0.05, 0) is 36.5 Å². The van der Waals surface area contributed by atoms with Crippen molar-refractivity contribution in [3.8, 4) is 0 Å². The quantitative estimate of drug-likeness (QED) is 0.772. The van der Waals surface area contributed by atoms with Crippen LogP contribution in [0.3, 0.4) is 0 Å². The number of hydrogen-bond donors (Lipinski definition) is 1. The van der Waals surface area contributed by atoms with E-state index in [0.29, 0.717) is 6.04 Å². The Hall–Kier alpha value is -2.13. The minimum Gasteiger partial charge on any atom is -0.305 e. The molecular weight excluding hydrogens is 258 g/mol. The molecule has 2 heterocycles. The van der Waals surface area contributed by atoms with E-state index in [1.807, 2.05) is 23.0 Å². The summed E-state index contributed by atoms with van der Waals surface area (Å²) < 4.78 is 1.94. The van der Waals surface area contributed by atoms with Crippen LogP contribution in [-0.4, -0.2) is 9.61 Å². The van der Waals surface area contributed by atoms with E-state index in [1.165, 1.54) is 29.5 Å². The Balaban J connectivity index is 1.54. The van der Waals surface area contributed by atoms with Crippen LogP contribution in [0, 0.1) is 5.92 Å². The van der Waals surface area contributed by atoms with Crippen molar-refractivity contribution in [2.24, 2.45) is 5.92 Å². The molecule has 1 aliphatic rings. The lowest BCUT2D eigenvalue weighted by Gasteiger charge is -2.18. The molecule has 21 heavy (non-hydrogen) atoms. The zero-order valence-corrected chi connectivity index (χ0v) is 11.9. The molecule has 2 aromatic heterocycles. The highest BCUT2D eigenvalue weighted by Crippen LogP contribution is 2.41. The monoisotopic (exact) mass is 277 g/mol. The van der Waals surface area contributed by atoms with Gasteiger partial charge < -0.3 is 5.32 Å². The maximum absolute atomic E-state index is 4.41. The van der Waals surface area contributed by atoms with Gasteiger partial charge in [0.1, 0.15) is 0 Å². The summed E-state index contributed by atoms with van der Waals surface area (Å²) in [6.45, 7) is 0.865. The minimum atomic E-state index is 0.463. The van der Waals surface area contributed by atoms with Crippen molar-refractivity contribution in [2.45, 2.75) is 25.4 Å². The number of rotatable bonds is 5. The summed E-state index contributed by atoms with van der Waals surface area (Å²) in [6, 6.07) is 17.5. The Kier molecular flexibility index (Phi) is 3.20. The molecule has 1 N–H and O–H groups in total. The number of nitrogens with zero attached hydrogens (tertiary/aromatic N) is 2. The van der Waals surface area contributed by atoms with Crippen molar-refractivity contribution in [2.75, 3.05) is 0 Å². The SMILES string of the molecule is c1ccc(C(NCc2cnn3ccccc23)C2CC2)cc1. The molecule has 0 aliphatic heterocycles. The number of hydrogen-bond acceptors (Lipinski definition) is 2. The fourth-order valence-electron chi connectivity index (χ4n) is 2.99. The van der Waals surface area contributed by atoms with Crippen LogP contribution in [0.2, 0.25) is 0 Å². The lowest BCUT2D eigenvalue weighted by molar-refractivity contribution is 0.481. The molecule has 0 saturated heterocycles. The van der Waals surface area contributed by atoms with Gasteiger partial charge in [0.25, 0.3) is 0 Å². The summed E-state index contributed by atoms with van der Waals surface area (Å²) in [5, 5.41) is 8.15. The van der Waals surface area contributed by atoms with Crippen LogP contribution in [-0.2, 0) is 6.54 Å². The molecule has 106 valence electrons. The number of fused-ring (bicyclic) bond motifs is 1. The summed E-state index contributed by atoms with van der Waals surface area (Å²) in [5.41, 5.74) is 3.85. The lowest BCUT2D eigenvalue weighted by atomic mass is 10.0. The van der Waals surface area contributed by atoms with Crippen molar-refractivity contribution >= 4 is 5.52 Å². The molecule has 1 unspecified atom stereocenters. The van der Waals surface area contributed by atoms with Gasteiger partial charge >= 0.3 is 0 Å².